The Morgan fingerprint density at radius 1 is 1.41 bits per heavy atom. The number of hydrogen-bond acceptors (Lipinski definition) is 4. The van der Waals surface area contributed by atoms with Crippen molar-refractivity contribution >= 4 is 11.5 Å². The molecule has 0 aliphatic heterocycles. The van der Waals surface area contributed by atoms with E-state index in [-0.39, 0.29) is 12.1 Å². The maximum absolute atomic E-state index is 13.1. The first-order valence-corrected chi connectivity index (χ1v) is 6.06. The van der Waals surface area contributed by atoms with Crippen molar-refractivity contribution in [3.05, 3.63) is 47.3 Å². The lowest BCUT2D eigenvalue weighted by Crippen LogP contribution is -2.15. The number of aromatic nitrogens is 4. The first-order valence-electron chi connectivity index (χ1n) is 6.06. The van der Waals surface area contributed by atoms with Crippen molar-refractivity contribution in [2.45, 2.75) is 19.6 Å². The normalized spacial score (nSPS) is 11.5. The second kappa shape index (κ2) is 5.58. The van der Waals surface area contributed by atoms with E-state index in [1.165, 1.54) is 12.1 Å². The summed E-state index contributed by atoms with van der Waals surface area (Å²) in [5.41, 5.74) is -2.08. The molecule has 0 saturated carbocycles. The van der Waals surface area contributed by atoms with Gasteiger partial charge in [-0.2, -0.15) is 18.0 Å². The van der Waals surface area contributed by atoms with Crippen LogP contribution in [0.5, 0.6) is 0 Å². The predicted octanol–water partition coefficient (Wildman–Crippen LogP) is 2.15. The Balaban J connectivity index is 2.57. The number of carbonyl (C=O) groups is 1. The molecule has 0 amide bonds. The van der Waals surface area contributed by atoms with Crippen LogP contribution >= 0.6 is 0 Å². The minimum Gasteiger partial charge on any atom is -0.478 e. The molecule has 1 N–H and O–H groups in total. The zero-order valence-electron chi connectivity index (χ0n) is 11.4. The Bertz CT molecular complexity index is 737. The fraction of sp³-hybridized carbons (Fsp3) is 0.231. The summed E-state index contributed by atoms with van der Waals surface area (Å²) in [6.07, 6.45) is -4.70. The molecule has 0 unspecified atom stereocenters. The fourth-order valence-electron chi connectivity index (χ4n) is 1.97. The van der Waals surface area contributed by atoms with Gasteiger partial charge >= 0.3 is 12.1 Å². The summed E-state index contributed by atoms with van der Waals surface area (Å²) in [5.74, 6) is -1.17. The average molecular weight is 312 g/mol. The third-order valence-electron chi connectivity index (χ3n) is 2.88. The van der Waals surface area contributed by atoms with Gasteiger partial charge in [-0.3, -0.25) is 0 Å². The maximum Gasteiger partial charge on any atom is 0.417 e. The van der Waals surface area contributed by atoms with Gasteiger partial charge in [-0.1, -0.05) is 18.7 Å². The lowest BCUT2D eigenvalue weighted by Gasteiger charge is -2.16. The van der Waals surface area contributed by atoms with Crippen molar-refractivity contribution in [2.24, 2.45) is 0 Å². The van der Waals surface area contributed by atoms with Crippen molar-refractivity contribution in [3.63, 3.8) is 0 Å². The highest BCUT2D eigenvalue weighted by Gasteiger charge is 2.36. The summed E-state index contributed by atoms with van der Waals surface area (Å²) in [7, 11) is 0. The Kier molecular flexibility index (Phi) is 3.98. The van der Waals surface area contributed by atoms with Gasteiger partial charge < -0.3 is 5.11 Å². The first-order chi connectivity index (χ1) is 10.2. The Morgan fingerprint density at radius 3 is 2.59 bits per heavy atom. The zero-order chi connectivity index (χ0) is 16.5. The summed E-state index contributed by atoms with van der Waals surface area (Å²) in [6.45, 7) is 4.67. The van der Waals surface area contributed by atoms with Crippen molar-refractivity contribution in [1.29, 1.82) is 0 Å². The van der Waals surface area contributed by atoms with Crippen LogP contribution in [-0.4, -0.2) is 31.3 Å². The molecular weight excluding hydrogens is 301 g/mol. The number of carboxylic acid groups (broad SMARTS) is 1. The quantitative estimate of drug-likeness (QED) is 0.875. The van der Waals surface area contributed by atoms with Gasteiger partial charge in [0, 0.05) is 5.56 Å². The lowest BCUT2D eigenvalue weighted by molar-refractivity contribution is -0.137. The van der Waals surface area contributed by atoms with Crippen LogP contribution in [0.4, 0.5) is 13.2 Å². The van der Waals surface area contributed by atoms with Gasteiger partial charge in [0.05, 0.1) is 17.7 Å². The number of nitrogens with zero attached hydrogens (tertiary/aromatic N) is 4. The molecule has 1 aromatic carbocycles. The molecule has 1 heterocycles. The molecule has 116 valence electrons. The summed E-state index contributed by atoms with van der Waals surface area (Å²) in [5, 5.41) is 20.2. The summed E-state index contributed by atoms with van der Waals surface area (Å²) >= 11 is 0. The van der Waals surface area contributed by atoms with Crippen LogP contribution in [-0.2, 0) is 17.5 Å². The van der Waals surface area contributed by atoms with Crippen LogP contribution in [0.1, 0.15) is 22.5 Å². The number of carboxylic acids is 1. The standard InChI is InChI=1S/C13H11F3N4O2/c1-7(12(21)22)11-9(6-20-18-8(2)17-19-20)4-3-5-10(11)13(14,15)16/h3-5H,1,6H2,2H3,(H,21,22). The number of halogens is 3. The zero-order valence-corrected chi connectivity index (χ0v) is 11.4. The van der Waals surface area contributed by atoms with Gasteiger partial charge in [0.1, 0.15) is 0 Å². The van der Waals surface area contributed by atoms with Crippen LogP contribution in [0.15, 0.2) is 24.8 Å². The molecule has 1 aromatic heterocycles. The van der Waals surface area contributed by atoms with Gasteiger partial charge in [0.25, 0.3) is 0 Å². The molecule has 2 aromatic rings. The fourth-order valence-corrected chi connectivity index (χ4v) is 1.97. The molecule has 0 atom stereocenters. The van der Waals surface area contributed by atoms with Crippen LogP contribution < -0.4 is 0 Å². The van der Waals surface area contributed by atoms with E-state index >= 15 is 0 Å². The highest BCUT2D eigenvalue weighted by molar-refractivity contribution is 6.15. The summed E-state index contributed by atoms with van der Waals surface area (Å²) < 4.78 is 39.3. The monoisotopic (exact) mass is 312 g/mol. The summed E-state index contributed by atoms with van der Waals surface area (Å²) in [6, 6.07) is 3.38. The number of tetrazole rings is 1. The second-order valence-corrected chi connectivity index (χ2v) is 4.49. The molecular formula is C13H11F3N4O2. The van der Waals surface area contributed by atoms with Gasteiger partial charge in [-0.15, -0.1) is 10.2 Å². The number of aryl methyl sites for hydroxylation is 1. The Labute approximate surface area is 122 Å². The number of rotatable bonds is 4. The van der Waals surface area contributed by atoms with Crippen molar-refractivity contribution in [2.75, 3.05) is 0 Å². The minimum atomic E-state index is -4.70. The number of alkyl halides is 3. The highest BCUT2D eigenvalue weighted by Crippen LogP contribution is 2.36. The molecule has 6 nitrogen and oxygen atoms in total. The molecule has 0 radical (unpaired) electrons. The molecule has 0 saturated heterocycles. The Morgan fingerprint density at radius 2 is 2.09 bits per heavy atom. The van der Waals surface area contributed by atoms with E-state index in [4.69, 9.17) is 5.11 Å². The van der Waals surface area contributed by atoms with E-state index in [0.29, 0.717) is 5.82 Å². The van der Waals surface area contributed by atoms with Crippen LogP contribution in [0.2, 0.25) is 0 Å². The first kappa shape index (κ1) is 15.7. The van der Waals surface area contributed by atoms with Crippen LogP contribution in [0.25, 0.3) is 5.57 Å². The molecule has 0 aliphatic rings. The van der Waals surface area contributed by atoms with E-state index in [1.54, 1.807) is 6.92 Å². The maximum atomic E-state index is 13.1. The third-order valence-corrected chi connectivity index (χ3v) is 2.88. The number of benzene rings is 1. The molecule has 0 aliphatic carbocycles. The molecule has 0 spiro atoms. The average Bonchev–Trinajstić information content (AvgIpc) is 2.82. The van der Waals surface area contributed by atoms with Crippen molar-refractivity contribution in [3.8, 4) is 0 Å². The number of hydrogen-bond donors (Lipinski definition) is 1. The largest absolute Gasteiger partial charge is 0.478 e. The molecule has 9 heteroatoms. The Hall–Kier alpha value is -2.71. The van der Waals surface area contributed by atoms with Gasteiger partial charge in [0.15, 0.2) is 5.82 Å². The van der Waals surface area contributed by atoms with E-state index in [9.17, 15) is 18.0 Å². The molecule has 0 bridgehead atoms. The smallest absolute Gasteiger partial charge is 0.417 e. The topological polar surface area (TPSA) is 80.9 Å². The summed E-state index contributed by atoms with van der Waals surface area (Å²) in [4.78, 5) is 12.2. The second-order valence-electron chi connectivity index (χ2n) is 4.49. The minimum absolute atomic E-state index is 0.0969. The van der Waals surface area contributed by atoms with Crippen LogP contribution in [0, 0.1) is 6.92 Å². The molecule has 22 heavy (non-hydrogen) atoms. The number of aliphatic carboxylic acids is 1. The van der Waals surface area contributed by atoms with Crippen molar-refractivity contribution < 1.29 is 23.1 Å². The molecule has 2 rings (SSSR count). The van der Waals surface area contributed by atoms with Gasteiger partial charge in [-0.25, -0.2) is 4.79 Å². The van der Waals surface area contributed by atoms with E-state index in [0.717, 1.165) is 10.9 Å². The highest BCUT2D eigenvalue weighted by atomic mass is 19.4. The predicted molar refractivity (Wildman–Crippen MR) is 69.8 cm³/mol. The lowest BCUT2D eigenvalue weighted by atomic mass is 9.94. The van der Waals surface area contributed by atoms with E-state index < -0.39 is 28.8 Å². The third kappa shape index (κ3) is 3.13. The van der Waals surface area contributed by atoms with Gasteiger partial charge in [0.2, 0.25) is 0 Å². The van der Waals surface area contributed by atoms with Crippen molar-refractivity contribution in [1.82, 2.24) is 20.2 Å². The van der Waals surface area contributed by atoms with E-state index in [2.05, 4.69) is 22.0 Å². The van der Waals surface area contributed by atoms with Crippen LogP contribution in [0.3, 0.4) is 0 Å². The SMILES string of the molecule is C=C(C(=O)O)c1c(Cn2nnc(C)n2)cccc1C(F)(F)F. The van der Waals surface area contributed by atoms with Gasteiger partial charge in [-0.05, 0) is 23.8 Å². The molecule has 0 fully saturated rings. The van der Waals surface area contributed by atoms with E-state index in [1.807, 2.05) is 0 Å².